The smallest absolute Gasteiger partial charge is 0.465 e. The maximum absolute atomic E-state index is 11.6. The van der Waals surface area contributed by atoms with Crippen molar-refractivity contribution in [2.75, 3.05) is 13.2 Å². The summed E-state index contributed by atoms with van der Waals surface area (Å²) in [6.07, 6.45) is -1.01. The third-order valence-corrected chi connectivity index (χ3v) is 5.79. The zero-order valence-electron chi connectivity index (χ0n) is 16.4. The summed E-state index contributed by atoms with van der Waals surface area (Å²) in [5.41, 5.74) is 2.12. The number of carboxylic acid groups (broad SMARTS) is 1. The van der Waals surface area contributed by atoms with Crippen molar-refractivity contribution in [2.24, 2.45) is 0 Å². The van der Waals surface area contributed by atoms with Crippen molar-refractivity contribution in [2.45, 2.75) is 64.9 Å². The van der Waals surface area contributed by atoms with Crippen molar-refractivity contribution in [1.29, 1.82) is 0 Å². The van der Waals surface area contributed by atoms with Crippen LogP contribution in [0.15, 0.2) is 18.2 Å². The molecule has 0 unspecified atom stereocenters. The van der Waals surface area contributed by atoms with Crippen molar-refractivity contribution < 1.29 is 23.9 Å². The predicted molar refractivity (Wildman–Crippen MR) is 99.8 cm³/mol. The highest BCUT2D eigenvalue weighted by Crippen LogP contribution is 2.37. The van der Waals surface area contributed by atoms with Gasteiger partial charge in [0.1, 0.15) is 0 Å². The number of amides is 1. The number of hydrogen-bond donors (Lipinski definition) is 1. The SMILES string of the molecule is Cc1cc(B2OC(C)(C)C(C)(C)O2)ccc1[C@@H]1CO[C@@H](C)CN1C(=O)O. The number of nitrogens with zero attached hydrogens (tertiary/aromatic N) is 1. The Bertz CT molecular complexity index is 689. The van der Waals surface area contributed by atoms with Gasteiger partial charge in [-0.3, -0.25) is 4.90 Å². The fraction of sp³-hybridized carbons (Fsp3) is 0.632. The standard InChI is InChI=1S/C19H28BNO5/c1-12-9-14(20-25-18(3,4)19(5,6)26-20)7-8-15(12)16-11-24-13(2)10-21(16)17(22)23/h7-9,13,16H,10-11H2,1-6H3,(H,22,23)/t13-,16-/m0/s1. The van der Waals surface area contributed by atoms with Gasteiger partial charge in [-0.15, -0.1) is 0 Å². The molecule has 6 nitrogen and oxygen atoms in total. The Labute approximate surface area is 155 Å². The van der Waals surface area contributed by atoms with Crippen LogP contribution in [-0.4, -0.2) is 53.7 Å². The molecule has 0 aliphatic carbocycles. The monoisotopic (exact) mass is 361 g/mol. The second kappa shape index (κ2) is 6.55. The lowest BCUT2D eigenvalue weighted by Crippen LogP contribution is -2.46. The minimum atomic E-state index is -0.917. The Balaban J connectivity index is 1.85. The van der Waals surface area contributed by atoms with Gasteiger partial charge < -0.3 is 19.2 Å². The average Bonchev–Trinajstić information content (AvgIpc) is 2.75. The predicted octanol–water partition coefficient (Wildman–Crippen LogP) is 2.73. The first-order valence-electron chi connectivity index (χ1n) is 9.09. The van der Waals surface area contributed by atoms with Crippen LogP contribution in [0.5, 0.6) is 0 Å². The number of rotatable bonds is 2. The molecule has 2 fully saturated rings. The second-order valence-corrected chi connectivity index (χ2v) is 8.30. The molecule has 0 bridgehead atoms. The first-order valence-corrected chi connectivity index (χ1v) is 9.09. The fourth-order valence-corrected chi connectivity index (χ4v) is 3.47. The molecule has 0 spiro atoms. The number of morpholine rings is 1. The van der Waals surface area contributed by atoms with E-state index < -0.39 is 24.4 Å². The highest BCUT2D eigenvalue weighted by molar-refractivity contribution is 6.62. The molecule has 2 atom stereocenters. The summed E-state index contributed by atoms with van der Waals surface area (Å²) in [5.74, 6) is 0. The molecule has 1 aromatic carbocycles. The van der Waals surface area contributed by atoms with Crippen molar-refractivity contribution in [3.8, 4) is 0 Å². The largest absolute Gasteiger partial charge is 0.494 e. The van der Waals surface area contributed by atoms with Crippen LogP contribution in [0.4, 0.5) is 4.79 Å². The van der Waals surface area contributed by atoms with Crippen LogP contribution in [0, 0.1) is 6.92 Å². The van der Waals surface area contributed by atoms with E-state index in [-0.39, 0.29) is 12.1 Å². The highest BCUT2D eigenvalue weighted by Gasteiger charge is 2.51. The van der Waals surface area contributed by atoms with E-state index in [2.05, 4.69) is 0 Å². The quantitative estimate of drug-likeness (QED) is 0.821. The normalized spacial score (nSPS) is 27.6. The van der Waals surface area contributed by atoms with Gasteiger partial charge in [0, 0.05) is 0 Å². The molecular formula is C19H28BNO5. The van der Waals surface area contributed by atoms with E-state index in [0.29, 0.717) is 13.2 Å². The topological polar surface area (TPSA) is 68.2 Å². The molecule has 0 radical (unpaired) electrons. The minimum absolute atomic E-state index is 0.0910. The summed E-state index contributed by atoms with van der Waals surface area (Å²) in [4.78, 5) is 13.1. The molecule has 3 rings (SSSR count). The summed E-state index contributed by atoms with van der Waals surface area (Å²) in [5, 5.41) is 9.55. The molecule has 2 heterocycles. The van der Waals surface area contributed by atoms with Crippen LogP contribution < -0.4 is 5.46 Å². The molecule has 0 aromatic heterocycles. The molecule has 0 saturated carbocycles. The van der Waals surface area contributed by atoms with E-state index in [1.807, 2.05) is 59.7 Å². The third kappa shape index (κ3) is 3.35. The van der Waals surface area contributed by atoms with Gasteiger partial charge in [0.25, 0.3) is 0 Å². The minimum Gasteiger partial charge on any atom is -0.465 e. The Kier molecular flexibility index (Phi) is 4.84. The van der Waals surface area contributed by atoms with Crippen LogP contribution >= 0.6 is 0 Å². The maximum Gasteiger partial charge on any atom is 0.494 e. The van der Waals surface area contributed by atoms with Gasteiger partial charge in [-0.2, -0.15) is 0 Å². The van der Waals surface area contributed by atoms with E-state index >= 15 is 0 Å². The van der Waals surface area contributed by atoms with Gasteiger partial charge in [0.05, 0.1) is 36.5 Å². The maximum atomic E-state index is 11.6. The summed E-state index contributed by atoms with van der Waals surface area (Å²) in [7, 11) is -0.425. The van der Waals surface area contributed by atoms with E-state index in [1.54, 1.807) is 0 Å². The average molecular weight is 361 g/mol. The Morgan fingerprint density at radius 3 is 2.38 bits per heavy atom. The zero-order chi connectivity index (χ0) is 19.3. The van der Waals surface area contributed by atoms with E-state index in [1.165, 1.54) is 4.90 Å². The van der Waals surface area contributed by atoms with Crippen LogP contribution in [0.2, 0.25) is 0 Å². The molecular weight excluding hydrogens is 333 g/mol. The van der Waals surface area contributed by atoms with Gasteiger partial charge in [0.15, 0.2) is 0 Å². The first kappa shape index (κ1) is 19.2. The zero-order valence-corrected chi connectivity index (χ0v) is 16.4. The molecule has 1 aromatic rings. The van der Waals surface area contributed by atoms with Crippen molar-refractivity contribution in [1.82, 2.24) is 4.90 Å². The van der Waals surface area contributed by atoms with Gasteiger partial charge in [-0.05, 0) is 58.1 Å². The molecule has 26 heavy (non-hydrogen) atoms. The molecule has 1 amide bonds. The van der Waals surface area contributed by atoms with E-state index in [9.17, 15) is 9.90 Å². The summed E-state index contributed by atoms with van der Waals surface area (Å²) < 4.78 is 17.9. The van der Waals surface area contributed by atoms with Crippen molar-refractivity contribution in [3.63, 3.8) is 0 Å². The lowest BCUT2D eigenvalue weighted by atomic mass is 9.77. The van der Waals surface area contributed by atoms with Crippen LogP contribution in [0.1, 0.15) is 51.8 Å². The number of aryl methyl sites for hydroxylation is 1. The summed E-state index contributed by atoms with van der Waals surface area (Å²) >= 11 is 0. The molecule has 142 valence electrons. The van der Waals surface area contributed by atoms with Gasteiger partial charge in [-0.25, -0.2) is 4.79 Å². The van der Waals surface area contributed by atoms with Crippen molar-refractivity contribution in [3.05, 3.63) is 29.3 Å². The summed E-state index contributed by atoms with van der Waals surface area (Å²) in [6.45, 7) is 12.7. The number of ether oxygens (including phenoxy) is 1. The van der Waals surface area contributed by atoms with E-state index in [4.69, 9.17) is 14.0 Å². The molecule has 1 N–H and O–H groups in total. The van der Waals surface area contributed by atoms with E-state index in [0.717, 1.165) is 16.6 Å². The lowest BCUT2D eigenvalue weighted by Gasteiger charge is -2.37. The summed E-state index contributed by atoms with van der Waals surface area (Å²) in [6, 6.07) is 5.66. The fourth-order valence-electron chi connectivity index (χ4n) is 3.47. The highest BCUT2D eigenvalue weighted by atomic mass is 16.7. The number of carbonyl (C=O) groups is 1. The van der Waals surface area contributed by atoms with Gasteiger partial charge in [-0.1, -0.05) is 18.2 Å². The first-order chi connectivity index (χ1) is 12.0. The lowest BCUT2D eigenvalue weighted by molar-refractivity contribution is -0.0466. The number of hydrogen-bond acceptors (Lipinski definition) is 4. The second-order valence-electron chi connectivity index (χ2n) is 8.30. The Hall–Kier alpha value is -1.57. The van der Waals surface area contributed by atoms with Crippen LogP contribution in [0.25, 0.3) is 0 Å². The Morgan fingerprint density at radius 1 is 1.23 bits per heavy atom. The molecule has 2 saturated heterocycles. The molecule has 2 aliphatic heterocycles. The van der Waals surface area contributed by atoms with Crippen molar-refractivity contribution >= 4 is 18.7 Å². The Morgan fingerprint density at radius 2 is 1.85 bits per heavy atom. The molecule has 2 aliphatic rings. The number of benzene rings is 1. The van der Waals surface area contributed by atoms with Crippen LogP contribution in [-0.2, 0) is 14.0 Å². The van der Waals surface area contributed by atoms with Crippen LogP contribution in [0.3, 0.4) is 0 Å². The van der Waals surface area contributed by atoms with Gasteiger partial charge >= 0.3 is 13.2 Å². The third-order valence-electron chi connectivity index (χ3n) is 5.79. The molecule has 7 heteroatoms. The van der Waals surface area contributed by atoms with Gasteiger partial charge in [0.2, 0.25) is 0 Å².